The quantitative estimate of drug-likeness (QED) is 0.886. The van der Waals surface area contributed by atoms with Crippen LogP contribution in [0.3, 0.4) is 0 Å². The second-order valence-electron chi connectivity index (χ2n) is 5.56. The molecule has 0 saturated carbocycles. The normalized spacial score (nSPS) is 12.6. The van der Waals surface area contributed by atoms with Crippen molar-refractivity contribution in [3.8, 4) is 0 Å². The number of anilines is 1. The smallest absolute Gasteiger partial charge is 0.356 e. The van der Waals surface area contributed by atoms with Crippen molar-refractivity contribution in [1.29, 1.82) is 0 Å². The molecule has 21 heavy (non-hydrogen) atoms. The van der Waals surface area contributed by atoms with Gasteiger partial charge in [-0.15, -0.1) is 0 Å². The summed E-state index contributed by atoms with van der Waals surface area (Å²) in [4.78, 5) is 18.9. The van der Waals surface area contributed by atoms with Gasteiger partial charge in [-0.3, -0.25) is 0 Å². The predicted molar refractivity (Wildman–Crippen MR) is 72.8 cm³/mol. The molecule has 2 aromatic rings. The van der Waals surface area contributed by atoms with Crippen molar-refractivity contribution < 1.29 is 18.7 Å². The molecule has 0 bridgehead atoms. The van der Waals surface area contributed by atoms with Crippen molar-refractivity contribution in [2.24, 2.45) is 5.41 Å². The van der Waals surface area contributed by atoms with Crippen LogP contribution in [-0.4, -0.2) is 37.9 Å². The molecule has 0 spiro atoms. The Hall–Kier alpha value is -2.25. The van der Waals surface area contributed by atoms with E-state index in [2.05, 4.69) is 15.3 Å². The maximum atomic E-state index is 13.5. The van der Waals surface area contributed by atoms with Gasteiger partial charge in [0.05, 0.1) is 0 Å². The Morgan fingerprint density at radius 2 is 2.10 bits per heavy atom. The Morgan fingerprint density at radius 1 is 1.43 bits per heavy atom. The van der Waals surface area contributed by atoms with E-state index in [9.17, 15) is 13.6 Å². The van der Waals surface area contributed by atoms with Crippen LogP contribution in [0.2, 0.25) is 0 Å². The lowest BCUT2D eigenvalue weighted by atomic mass is 9.86. The highest BCUT2D eigenvalue weighted by molar-refractivity contribution is 5.86. The second-order valence-corrected chi connectivity index (χ2v) is 5.56. The summed E-state index contributed by atoms with van der Waals surface area (Å²) in [5, 5.41) is 11.7. The van der Waals surface area contributed by atoms with E-state index in [-0.39, 0.29) is 23.7 Å². The molecule has 0 aliphatic rings. The van der Waals surface area contributed by atoms with E-state index in [1.165, 1.54) is 30.6 Å². The van der Waals surface area contributed by atoms with Gasteiger partial charge < -0.3 is 14.8 Å². The number of aromatic nitrogens is 3. The van der Waals surface area contributed by atoms with Gasteiger partial charge in [-0.1, -0.05) is 13.8 Å². The zero-order chi connectivity index (χ0) is 15.8. The predicted octanol–water partition coefficient (Wildman–Crippen LogP) is 2.52. The molecular formula is C13H16F2N4O2. The summed E-state index contributed by atoms with van der Waals surface area (Å²) >= 11 is 0. The topological polar surface area (TPSA) is 79.5 Å². The lowest BCUT2D eigenvalue weighted by Gasteiger charge is -2.31. The van der Waals surface area contributed by atoms with Crippen molar-refractivity contribution in [2.45, 2.75) is 26.7 Å². The fourth-order valence-corrected chi connectivity index (χ4v) is 1.61. The van der Waals surface area contributed by atoms with Crippen LogP contribution in [-0.2, 0) is 0 Å². The van der Waals surface area contributed by atoms with Crippen LogP contribution >= 0.6 is 0 Å². The summed E-state index contributed by atoms with van der Waals surface area (Å²) < 4.78 is 28.4. The van der Waals surface area contributed by atoms with Gasteiger partial charge in [0, 0.05) is 30.6 Å². The number of carboxylic acid groups (broad SMARTS) is 1. The fourth-order valence-electron chi connectivity index (χ4n) is 1.61. The molecule has 2 rings (SSSR count). The van der Waals surface area contributed by atoms with E-state index < -0.39 is 17.3 Å². The van der Waals surface area contributed by atoms with Gasteiger partial charge in [-0.05, 0) is 6.92 Å². The number of carboxylic acids is 1. The fraction of sp³-hybridized carbons (Fsp3) is 0.462. The Labute approximate surface area is 119 Å². The molecular weight excluding hydrogens is 282 g/mol. The van der Waals surface area contributed by atoms with Crippen LogP contribution in [0.1, 0.15) is 31.3 Å². The van der Waals surface area contributed by atoms with Crippen molar-refractivity contribution in [3.05, 3.63) is 24.3 Å². The first-order valence-electron chi connectivity index (χ1n) is 6.30. The maximum Gasteiger partial charge on any atom is 0.356 e. The molecule has 2 N–H and O–H groups in total. The number of carbonyl (C=O) groups is 1. The van der Waals surface area contributed by atoms with Crippen molar-refractivity contribution in [2.75, 3.05) is 11.9 Å². The lowest BCUT2D eigenvalue weighted by Crippen LogP contribution is -2.39. The van der Waals surface area contributed by atoms with E-state index >= 15 is 0 Å². The molecule has 114 valence electrons. The summed E-state index contributed by atoms with van der Waals surface area (Å²) in [5.41, 5.74) is -1.14. The van der Waals surface area contributed by atoms with Gasteiger partial charge in [0.15, 0.2) is 17.2 Å². The summed E-state index contributed by atoms with van der Waals surface area (Å²) in [6, 6.07) is 0. The molecule has 0 aliphatic heterocycles. The Balaban J connectivity index is 2.29. The third-order valence-electron chi connectivity index (χ3n) is 3.48. The van der Waals surface area contributed by atoms with Gasteiger partial charge in [0.25, 0.3) is 5.92 Å². The first-order chi connectivity index (χ1) is 9.62. The first-order valence-corrected chi connectivity index (χ1v) is 6.30. The highest BCUT2D eigenvalue weighted by Crippen LogP contribution is 2.35. The van der Waals surface area contributed by atoms with Crippen molar-refractivity contribution >= 4 is 17.4 Å². The summed E-state index contributed by atoms with van der Waals surface area (Å²) in [6.07, 6.45) is 4.32. The van der Waals surface area contributed by atoms with Gasteiger partial charge in [-0.2, -0.15) is 0 Å². The number of nitrogens with zero attached hydrogens (tertiary/aromatic N) is 3. The summed E-state index contributed by atoms with van der Waals surface area (Å²) in [6.45, 7) is 3.71. The monoisotopic (exact) mass is 298 g/mol. The van der Waals surface area contributed by atoms with Crippen LogP contribution in [0.5, 0.6) is 0 Å². The largest absolute Gasteiger partial charge is 0.476 e. The first kappa shape index (κ1) is 15.1. The van der Waals surface area contributed by atoms with E-state index in [1.54, 1.807) is 6.20 Å². The molecule has 0 aromatic carbocycles. The van der Waals surface area contributed by atoms with Crippen LogP contribution in [0.25, 0.3) is 5.65 Å². The molecule has 0 atom stereocenters. The SMILES string of the molecule is CC(F)(F)C(C)(C)CNc1nccn2cc(C(=O)O)nc12. The van der Waals surface area contributed by atoms with Crippen LogP contribution in [0, 0.1) is 5.41 Å². The minimum absolute atomic E-state index is 0.0293. The maximum absolute atomic E-state index is 13.5. The average molecular weight is 298 g/mol. The minimum Gasteiger partial charge on any atom is -0.476 e. The zero-order valence-corrected chi connectivity index (χ0v) is 11.9. The number of halogens is 2. The molecule has 0 aliphatic carbocycles. The van der Waals surface area contributed by atoms with Crippen LogP contribution < -0.4 is 5.32 Å². The van der Waals surface area contributed by atoms with Crippen molar-refractivity contribution in [1.82, 2.24) is 14.4 Å². The third-order valence-corrected chi connectivity index (χ3v) is 3.48. The molecule has 0 unspecified atom stereocenters. The molecule has 0 radical (unpaired) electrons. The Morgan fingerprint density at radius 3 is 2.67 bits per heavy atom. The molecule has 2 aromatic heterocycles. The van der Waals surface area contributed by atoms with Crippen molar-refractivity contribution in [3.63, 3.8) is 0 Å². The highest BCUT2D eigenvalue weighted by atomic mass is 19.3. The number of nitrogens with one attached hydrogen (secondary N) is 1. The van der Waals surface area contributed by atoms with E-state index in [0.717, 1.165) is 6.92 Å². The standard InChI is InChI=1S/C13H16F2N4O2/c1-12(2,13(3,14)15)7-17-9-10-18-8(11(20)21)6-19(10)5-4-16-9/h4-6H,7H2,1-3H3,(H,16,17)(H,20,21). The summed E-state index contributed by atoms with van der Waals surface area (Å²) in [5.74, 6) is -3.76. The molecule has 0 saturated heterocycles. The zero-order valence-electron chi connectivity index (χ0n) is 11.9. The minimum atomic E-state index is -2.87. The van der Waals surface area contributed by atoms with Gasteiger partial charge in [0.2, 0.25) is 0 Å². The number of hydrogen-bond donors (Lipinski definition) is 2. The van der Waals surface area contributed by atoms with E-state index in [4.69, 9.17) is 5.11 Å². The molecule has 0 amide bonds. The Bertz CT molecular complexity index is 676. The number of alkyl halides is 2. The van der Waals surface area contributed by atoms with Gasteiger partial charge in [-0.25, -0.2) is 23.5 Å². The molecule has 8 heteroatoms. The third kappa shape index (κ3) is 2.93. The lowest BCUT2D eigenvalue weighted by molar-refractivity contribution is -0.0812. The summed E-state index contributed by atoms with van der Waals surface area (Å²) in [7, 11) is 0. The number of rotatable bonds is 5. The van der Waals surface area contributed by atoms with Gasteiger partial charge >= 0.3 is 5.97 Å². The average Bonchev–Trinajstić information content (AvgIpc) is 2.79. The molecule has 2 heterocycles. The number of hydrogen-bond acceptors (Lipinski definition) is 4. The second kappa shape index (κ2) is 4.94. The Kier molecular flexibility index (Phi) is 3.56. The molecule has 6 nitrogen and oxygen atoms in total. The number of imidazole rings is 1. The van der Waals surface area contributed by atoms with E-state index in [1.807, 2.05) is 0 Å². The van der Waals surface area contributed by atoms with E-state index in [0.29, 0.717) is 0 Å². The number of fused-ring (bicyclic) bond motifs is 1. The number of aromatic carboxylic acids is 1. The van der Waals surface area contributed by atoms with Gasteiger partial charge in [0.1, 0.15) is 0 Å². The van der Waals surface area contributed by atoms with Crippen LogP contribution in [0.15, 0.2) is 18.6 Å². The highest BCUT2D eigenvalue weighted by Gasteiger charge is 2.41. The molecule has 0 fully saturated rings. The van der Waals surface area contributed by atoms with Crippen LogP contribution in [0.4, 0.5) is 14.6 Å².